The lowest BCUT2D eigenvalue weighted by molar-refractivity contribution is -0.114. The lowest BCUT2D eigenvalue weighted by Gasteiger charge is -2.15. The monoisotopic (exact) mass is 375 g/mol. The van der Waals surface area contributed by atoms with Gasteiger partial charge in [-0.1, -0.05) is 18.2 Å². The number of carbonyl (C=O) groups is 2. The van der Waals surface area contributed by atoms with Crippen LogP contribution >= 0.6 is 11.8 Å². The van der Waals surface area contributed by atoms with E-state index in [1.807, 2.05) is 6.07 Å². The van der Waals surface area contributed by atoms with Gasteiger partial charge in [-0.05, 0) is 18.2 Å². The topological polar surface area (TPSA) is 99.5 Å². The molecule has 1 aliphatic heterocycles. The Bertz CT molecular complexity index is 855. The van der Waals surface area contributed by atoms with Gasteiger partial charge in [-0.15, -0.1) is 11.8 Å². The summed E-state index contributed by atoms with van der Waals surface area (Å²) in [4.78, 5) is 38.8. The van der Waals surface area contributed by atoms with Crippen molar-refractivity contribution >= 4 is 29.5 Å². The van der Waals surface area contributed by atoms with Gasteiger partial charge in [0.1, 0.15) is 24.1 Å². The smallest absolute Gasteiger partial charge is 0.351 e. The second-order valence-corrected chi connectivity index (χ2v) is 6.69. The Kier molecular flexibility index (Phi) is 5.69. The van der Waals surface area contributed by atoms with Crippen LogP contribution in [0.3, 0.4) is 0 Å². The van der Waals surface area contributed by atoms with Gasteiger partial charge in [0.15, 0.2) is 0 Å². The Hall–Kier alpha value is -2.65. The van der Waals surface area contributed by atoms with Crippen molar-refractivity contribution in [2.75, 3.05) is 17.7 Å². The van der Waals surface area contributed by atoms with Crippen LogP contribution in [0, 0.1) is 0 Å². The van der Waals surface area contributed by atoms with Crippen molar-refractivity contribution in [2.24, 2.45) is 0 Å². The van der Waals surface area contributed by atoms with E-state index in [-0.39, 0.29) is 23.8 Å². The molecule has 1 aromatic heterocycles. The zero-order chi connectivity index (χ0) is 18.5. The van der Waals surface area contributed by atoms with Gasteiger partial charge >= 0.3 is 11.7 Å². The van der Waals surface area contributed by atoms with Crippen LogP contribution in [0.2, 0.25) is 0 Å². The highest BCUT2D eigenvalue weighted by molar-refractivity contribution is 8.00. The van der Waals surface area contributed by atoms with E-state index in [4.69, 9.17) is 9.47 Å². The Balaban J connectivity index is 1.56. The number of aromatic nitrogens is 2. The molecule has 1 saturated heterocycles. The minimum absolute atomic E-state index is 0.0844. The molecule has 1 aliphatic rings. The fourth-order valence-electron chi connectivity index (χ4n) is 2.36. The number of rotatable bonds is 5. The van der Waals surface area contributed by atoms with Crippen molar-refractivity contribution in [1.82, 2.24) is 9.55 Å². The number of anilines is 1. The van der Waals surface area contributed by atoms with Crippen LogP contribution < -0.4 is 11.0 Å². The van der Waals surface area contributed by atoms with Gasteiger partial charge in [0.05, 0.1) is 5.56 Å². The molecule has 2 aromatic rings. The molecular formula is C17H17N3O5S. The number of amides is 1. The molecular weight excluding hydrogens is 358 g/mol. The molecule has 3 rings (SSSR count). The van der Waals surface area contributed by atoms with E-state index in [1.165, 1.54) is 35.5 Å². The van der Waals surface area contributed by atoms with Crippen LogP contribution in [0.25, 0.3) is 0 Å². The molecule has 2 atom stereocenters. The summed E-state index contributed by atoms with van der Waals surface area (Å²) in [7, 11) is 0. The summed E-state index contributed by atoms with van der Waals surface area (Å²) in [5.74, 6) is -0.00802. The number of benzene rings is 1. The van der Waals surface area contributed by atoms with Gasteiger partial charge in [-0.2, -0.15) is 4.98 Å². The molecule has 2 heterocycles. The van der Waals surface area contributed by atoms with Crippen LogP contribution in [0.15, 0.2) is 47.4 Å². The van der Waals surface area contributed by atoms with Gasteiger partial charge in [0.25, 0.3) is 0 Å². The molecule has 26 heavy (non-hydrogen) atoms. The molecule has 9 heteroatoms. The van der Waals surface area contributed by atoms with Crippen molar-refractivity contribution in [3.05, 3.63) is 58.6 Å². The molecule has 1 fully saturated rings. The first-order valence-corrected chi connectivity index (χ1v) is 8.94. The van der Waals surface area contributed by atoms with E-state index in [1.54, 1.807) is 24.3 Å². The summed E-state index contributed by atoms with van der Waals surface area (Å²) >= 11 is 1.45. The van der Waals surface area contributed by atoms with Crippen LogP contribution in [0.5, 0.6) is 0 Å². The van der Waals surface area contributed by atoms with E-state index in [0.29, 0.717) is 11.3 Å². The first-order valence-electron chi connectivity index (χ1n) is 7.89. The molecule has 0 spiro atoms. The van der Waals surface area contributed by atoms with Gasteiger partial charge in [0.2, 0.25) is 5.91 Å². The second kappa shape index (κ2) is 8.15. The maximum Gasteiger partial charge on any atom is 0.351 e. The number of esters is 1. The normalized spacial score (nSPS) is 19.1. The Morgan fingerprint density at radius 1 is 1.35 bits per heavy atom. The van der Waals surface area contributed by atoms with Gasteiger partial charge in [-0.25, -0.2) is 9.59 Å². The lowest BCUT2D eigenvalue weighted by atomic mass is 10.2. The first-order chi connectivity index (χ1) is 12.5. The Labute approximate surface area is 153 Å². The van der Waals surface area contributed by atoms with Crippen molar-refractivity contribution in [3.8, 4) is 0 Å². The van der Waals surface area contributed by atoms with Crippen molar-refractivity contribution in [3.63, 3.8) is 0 Å². The third kappa shape index (κ3) is 4.50. The highest BCUT2D eigenvalue weighted by Gasteiger charge is 2.29. The molecule has 8 nitrogen and oxygen atoms in total. The average Bonchev–Trinajstić information content (AvgIpc) is 3.08. The highest BCUT2D eigenvalue weighted by Crippen LogP contribution is 2.31. The molecule has 0 saturated carbocycles. The second-order valence-electron chi connectivity index (χ2n) is 5.50. The zero-order valence-electron chi connectivity index (χ0n) is 14.0. The van der Waals surface area contributed by atoms with Crippen molar-refractivity contribution in [2.45, 2.75) is 18.6 Å². The number of hydrogen-bond donors (Lipinski definition) is 1. The molecule has 0 radical (unpaired) electrons. The quantitative estimate of drug-likeness (QED) is 0.793. The van der Waals surface area contributed by atoms with Crippen molar-refractivity contribution < 1.29 is 19.1 Å². The Morgan fingerprint density at radius 2 is 2.12 bits per heavy atom. The SMILES string of the molecule is CC(=O)Nc1ccn([C@H]2CS[C@@H](COC(=O)c3ccccc3)O2)c(=O)n1. The fourth-order valence-corrected chi connectivity index (χ4v) is 3.35. The average molecular weight is 375 g/mol. The predicted octanol–water partition coefficient (Wildman–Crippen LogP) is 1.65. The van der Waals surface area contributed by atoms with Crippen LogP contribution in [-0.4, -0.2) is 39.2 Å². The predicted molar refractivity (Wildman–Crippen MR) is 95.9 cm³/mol. The van der Waals surface area contributed by atoms with E-state index < -0.39 is 17.9 Å². The van der Waals surface area contributed by atoms with Gasteiger partial charge in [0, 0.05) is 18.9 Å². The lowest BCUT2D eigenvalue weighted by Crippen LogP contribution is -2.29. The number of nitrogens with one attached hydrogen (secondary N) is 1. The summed E-state index contributed by atoms with van der Waals surface area (Å²) in [6.07, 6.45) is 1.01. The number of carbonyl (C=O) groups excluding carboxylic acids is 2. The summed E-state index contributed by atoms with van der Waals surface area (Å²) < 4.78 is 12.4. The summed E-state index contributed by atoms with van der Waals surface area (Å²) in [5.41, 5.74) is -0.417. The summed E-state index contributed by atoms with van der Waals surface area (Å²) in [6, 6.07) is 10.2. The third-order valence-corrected chi connectivity index (χ3v) is 4.63. The standard InChI is InChI=1S/C17H17N3O5S/c1-11(21)18-13-7-8-20(17(23)19-13)14-10-26-15(25-14)9-24-16(22)12-5-3-2-4-6-12/h2-8,14-15H,9-10H2,1H3,(H,18,19,21,23)/t14-,15+/m1/s1. The van der Waals surface area contributed by atoms with Gasteiger partial charge in [-0.3, -0.25) is 9.36 Å². The number of thioether (sulfide) groups is 1. The minimum atomic E-state index is -0.524. The number of hydrogen-bond acceptors (Lipinski definition) is 7. The first kappa shape index (κ1) is 18.2. The summed E-state index contributed by atoms with van der Waals surface area (Å²) in [6.45, 7) is 1.42. The van der Waals surface area contributed by atoms with E-state index in [9.17, 15) is 14.4 Å². The van der Waals surface area contributed by atoms with Crippen LogP contribution in [0.1, 0.15) is 23.5 Å². The minimum Gasteiger partial charge on any atom is -0.458 e. The van der Waals surface area contributed by atoms with E-state index in [2.05, 4.69) is 10.3 Å². The molecule has 136 valence electrons. The maximum absolute atomic E-state index is 12.1. The molecule has 1 N–H and O–H groups in total. The summed E-state index contributed by atoms with van der Waals surface area (Å²) in [5, 5.41) is 2.45. The highest BCUT2D eigenvalue weighted by atomic mass is 32.2. The molecule has 0 bridgehead atoms. The number of ether oxygens (including phenoxy) is 2. The van der Waals surface area contributed by atoms with E-state index >= 15 is 0 Å². The largest absolute Gasteiger partial charge is 0.458 e. The molecule has 0 unspecified atom stereocenters. The molecule has 1 aromatic carbocycles. The van der Waals surface area contributed by atoms with Crippen LogP contribution in [-0.2, 0) is 14.3 Å². The Morgan fingerprint density at radius 3 is 2.81 bits per heavy atom. The zero-order valence-corrected chi connectivity index (χ0v) is 14.8. The third-order valence-electron chi connectivity index (χ3n) is 3.54. The van der Waals surface area contributed by atoms with Crippen molar-refractivity contribution in [1.29, 1.82) is 0 Å². The van der Waals surface area contributed by atoms with Gasteiger partial charge < -0.3 is 14.8 Å². The molecule has 0 aliphatic carbocycles. The van der Waals surface area contributed by atoms with Crippen LogP contribution in [0.4, 0.5) is 5.82 Å². The van der Waals surface area contributed by atoms with E-state index in [0.717, 1.165) is 0 Å². The molecule has 1 amide bonds. The fraction of sp³-hybridized carbons (Fsp3) is 0.294. The number of nitrogens with zero attached hydrogens (tertiary/aromatic N) is 2. The maximum atomic E-state index is 12.1.